The van der Waals surface area contributed by atoms with E-state index >= 15 is 0 Å². The topological polar surface area (TPSA) is 47.9 Å². The lowest BCUT2D eigenvalue weighted by Crippen LogP contribution is -2.09. The Morgan fingerprint density at radius 3 is 2.56 bits per heavy atom. The normalized spacial score (nSPS) is 11.6. The maximum atomic E-state index is 6.02. The van der Waals surface area contributed by atoms with Crippen LogP contribution in [-0.4, -0.2) is 21.1 Å². The molecule has 4 rings (SSSR count). The van der Waals surface area contributed by atoms with E-state index in [2.05, 4.69) is 53.7 Å². The van der Waals surface area contributed by atoms with Crippen LogP contribution >= 0.6 is 11.3 Å². The van der Waals surface area contributed by atoms with Crippen LogP contribution in [0.15, 0.2) is 60.0 Å². The quantitative estimate of drug-likeness (QED) is 0.258. The van der Waals surface area contributed by atoms with Crippen molar-refractivity contribution < 1.29 is 4.74 Å². The Balaban J connectivity index is 1.49. The third-order valence-corrected chi connectivity index (χ3v) is 6.10. The van der Waals surface area contributed by atoms with Crippen molar-refractivity contribution in [2.75, 3.05) is 0 Å². The molecule has 5 heteroatoms. The second-order valence-corrected chi connectivity index (χ2v) is 8.98. The standard InChI is InChI=1S/C27H29N3OS/c1-4-25-28-22(18-32-25)14-7-5-6-11-20-12-10-13-21(17-20)26-27(31-19(2)3)30-24-16-9-8-15-23(24)29-26/h6,8-13,15-19H,4-5,7,14H2,1-3H3/b11-6+. The predicted octanol–water partition coefficient (Wildman–Crippen LogP) is 7.14. The largest absolute Gasteiger partial charge is 0.473 e. The van der Waals surface area contributed by atoms with Gasteiger partial charge < -0.3 is 4.74 Å². The maximum absolute atomic E-state index is 6.02. The smallest absolute Gasteiger partial charge is 0.241 e. The fourth-order valence-corrected chi connectivity index (χ4v) is 4.29. The number of nitrogens with zero attached hydrogens (tertiary/aromatic N) is 3. The molecule has 4 nitrogen and oxygen atoms in total. The zero-order chi connectivity index (χ0) is 22.3. The summed E-state index contributed by atoms with van der Waals surface area (Å²) < 4.78 is 6.02. The molecule has 0 saturated carbocycles. The Hall–Kier alpha value is -3.05. The molecule has 2 aromatic carbocycles. The summed E-state index contributed by atoms with van der Waals surface area (Å²) in [5.74, 6) is 0.578. The fourth-order valence-electron chi connectivity index (χ4n) is 3.51. The molecule has 32 heavy (non-hydrogen) atoms. The Labute approximate surface area is 194 Å². The van der Waals surface area contributed by atoms with Crippen molar-refractivity contribution >= 4 is 28.4 Å². The van der Waals surface area contributed by atoms with E-state index in [0.717, 1.165) is 53.5 Å². The van der Waals surface area contributed by atoms with E-state index in [1.807, 2.05) is 38.1 Å². The van der Waals surface area contributed by atoms with Crippen LogP contribution in [0.1, 0.15) is 49.9 Å². The zero-order valence-corrected chi connectivity index (χ0v) is 19.7. The average molecular weight is 444 g/mol. The minimum absolute atomic E-state index is 0.0263. The molecule has 0 saturated heterocycles. The van der Waals surface area contributed by atoms with E-state index in [0.29, 0.717) is 5.88 Å². The first-order chi connectivity index (χ1) is 15.6. The van der Waals surface area contributed by atoms with Crippen LogP contribution in [0.5, 0.6) is 5.88 Å². The zero-order valence-electron chi connectivity index (χ0n) is 18.9. The van der Waals surface area contributed by atoms with Crippen LogP contribution in [0.3, 0.4) is 0 Å². The van der Waals surface area contributed by atoms with Crippen molar-refractivity contribution in [2.45, 2.75) is 52.6 Å². The lowest BCUT2D eigenvalue weighted by atomic mass is 10.1. The molecular formula is C27H29N3OS. The van der Waals surface area contributed by atoms with Gasteiger partial charge >= 0.3 is 0 Å². The first kappa shape index (κ1) is 22.2. The number of rotatable bonds is 9. The molecule has 2 heterocycles. The monoisotopic (exact) mass is 443 g/mol. The molecule has 0 spiro atoms. The first-order valence-electron chi connectivity index (χ1n) is 11.3. The molecule has 0 N–H and O–H groups in total. The summed E-state index contributed by atoms with van der Waals surface area (Å²) in [7, 11) is 0. The van der Waals surface area contributed by atoms with E-state index in [-0.39, 0.29) is 6.10 Å². The molecule has 0 fully saturated rings. The lowest BCUT2D eigenvalue weighted by Gasteiger charge is -2.14. The van der Waals surface area contributed by atoms with E-state index in [1.54, 1.807) is 11.3 Å². The molecule has 0 unspecified atom stereocenters. The first-order valence-corrected chi connectivity index (χ1v) is 12.1. The van der Waals surface area contributed by atoms with Crippen LogP contribution in [-0.2, 0) is 12.8 Å². The highest BCUT2D eigenvalue weighted by molar-refractivity contribution is 7.09. The number of ether oxygens (including phenoxy) is 1. The second-order valence-electron chi connectivity index (χ2n) is 8.04. The third kappa shape index (κ3) is 5.60. The van der Waals surface area contributed by atoms with Crippen LogP contribution < -0.4 is 4.74 Å². The molecule has 0 aliphatic carbocycles. The number of allylic oxidation sites excluding steroid dienone is 1. The number of para-hydroxylation sites is 2. The summed E-state index contributed by atoms with van der Waals surface area (Å²) in [6.45, 7) is 6.17. The SMILES string of the molecule is CCc1nc(CCC/C=C/c2cccc(-c3nc4ccccc4nc3OC(C)C)c2)cs1. The van der Waals surface area contributed by atoms with Gasteiger partial charge in [-0.2, -0.15) is 0 Å². The molecule has 2 aromatic heterocycles. The van der Waals surface area contributed by atoms with Gasteiger partial charge in [0, 0.05) is 10.9 Å². The van der Waals surface area contributed by atoms with Crippen molar-refractivity contribution in [2.24, 2.45) is 0 Å². The van der Waals surface area contributed by atoms with Gasteiger partial charge in [0.05, 0.1) is 27.8 Å². The van der Waals surface area contributed by atoms with Crippen LogP contribution in [0, 0.1) is 0 Å². The predicted molar refractivity (Wildman–Crippen MR) is 134 cm³/mol. The van der Waals surface area contributed by atoms with E-state index in [1.165, 1.54) is 10.7 Å². The summed E-state index contributed by atoms with van der Waals surface area (Å²) in [5.41, 5.74) is 5.87. The Kier molecular flexibility index (Phi) is 7.28. The van der Waals surface area contributed by atoms with Gasteiger partial charge in [-0.3, -0.25) is 0 Å². The van der Waals surface area contributed by atoms with Crippen LogP contribution in [0.4, 0.5) is 0 Å². The van der Waals surface area contributed by atoms with Crippen molar-refractivity contribution in [3.8, 4) is 17.1 Å². The van der Waals surface area contributed by atoms with Crippen molar-refractivity contribution in [1.29, 1.82) is 0 Å². The Bertz CT molecular complexity index is 1210. The minimum Gasteiger partial charge on any atom is -0.473 e. The fraction of sp³-hybridized carbons (Fsp3) is 0.296. The number of benzene rings is 2. The number of hydrogen-bond acceptors (Lipinski definition) is 5. The van der Waals surface area contributed by atoms with Gasteiger partial charge in [0.25, 0.3) is 0 Å². The molecule has 0 radical (unpaired) electrons. The summed E-state index contributed by atoms with van der Waals surface area (Å²) in [6.07, 6.45) is 8.63. The molecule has 4 aromatic rings. The molecule has 0 amide bonds. The van der Waals surface area contributed by atoms with Crippen LogP contribution in [0.25, 0.3) is 28.4 Å². The maximum Gasteiger partial charge on any atom is 0.241 e. The van der Waals surface area contributed by atoms with Crippen molar-refractivity contribution in [3.05, 3.63) is 76.3 Å². The highest BCUT2D eigenvalue weighted by Gasteiger charge is 2.14. The van der Waals surface area contributed by atoms with Gasteiger partial charge in [-0.25, -0.2) is 15.0 Å². The number of aryl methyl sites for hydroxylation is 2. The Morgan fingerprint density at radius 2 is 1.81 bits per heavy atom. The van der Waals surface area contributed by atoms with Crippen molar-refractivity contribution in [1.82, 2.24) is 15.0 Å². The summed E-state index contributed by atoms with van der Waals surface area (Å²) in [4.78, 5) is 14.3. The van der Waals surface area contributed by atoms with Crippen LogP contribution in [0.2, 0.25) is 0 Å². The number of unbranched alkanes of at least 4 members (excludes halogenated alkanes) is 1. The molecule has 0 aliphatic heterocycles. The molecular weight excluding hydrogens is 414 g/mol. The van der Waals surface area contributed by atoms with Crippen molar-refractivity contribution in [3.63, 3.8) is 0 Å². The third-order valence-electron chi connectivity index (χ3n) is 5.06. The highest BCUT2D eigenvalue weighted by atomic mass is 32.1. The summed E-state index contributed by atoms with van der Waals surface area (Å²) in [6, 6.07) is 16.3. The highest BCUT2D eigenvalue weighted by Crippen LogP contribution is 2.30. The molecule has 0 bridgehead atoms. The molecule has 0 aliphatic rings. The summed E-state index contributed by atoms with van der Waals surface area (Å²) >= 11 is 1.76. The van der Waals surface area contributed by atoms with E-state index in [4.69, 9.17) is 14.7 Å². The molecule has 0 atom stereocenters. The van der Waals surface area contributed by atoms with Gasteiger partial charge in [-0.1, -0.05) is 49.4 Å². The van der Waals surface area contributed by atoms with Gasteiger partial charge in [0.2, 0.25) is 5.88 Å². The molecule has 164 valence electrons. The van der Waals surface area contributed by atoms with E-state index in [9.17, 15) is 0 Å². The summed E-state index contributed by atoms with van der Waals surface area (Å²) in [5, 5.41) is 3.41. The second kappa shape index (κ2) is 10.5. The number of fused-ring (bicyclic) bond motifs is 1. The lowest BCUT2D eigenvalue weighted by molar-refractivity contribution is 0.234. The number of thiazole rings is 1. The minimum atomic E-state index is 0.0263. The average Bonchev–Trinajstić information content (AvgIpc) is 3.26. The number of hydrogen-bond donors (Lipinski definition) is 0. The number of aromatic nitrogens is 3. The van der Waals surface area contributed by atoms with Gasteiger partial charge in [0.1, 0.15) is 5.69 Å². The van der Waals surface area contributed by atoms with E-state index < -0.39 is 0 Å². The van der Waals surface area contributed by atoms with Gasteiger partial charge in [-0.05, 0) is 63.3 Å². The van der Waals surface area contributed by atoms with Gasteiger partial charge in [0.15, 0.2) is 0 Å². The van der Waals surface area contributed by atoms with Gasteiger partial charge in [-0.15, -0.1) is 11.3 Å². The Morgan fingerprint density at radius 1 is 1.00 bits per heavy atom.